The highest BCUT2D eigenvalue weighted by Gasteiger charge is 2.25. The molecule has 0 radical (unpaired) electrons. The number of nitrogens with one attached hydrogen (secondary N) is 1. The zero-order chi connectivity index (χ0) is 20.3. The van der Waals surface area contributed by atoms with Gasteiger partial charge in [0.25, 0.3) is 5.69 Å². The average molecular weight is 444 g/mol. The van der Waals surface area contributed by atoms with Crippen LogP contribution in [0, 0.1) is 10.1 Å². The molecule has 10 heteroatoms. The van der Waals surface area contributed by atoms with Crippen molar-refractivity contribution in [2.75, 3.05) is 42.9 Å². The highest BCUT2D eigenvalue weighted by atomic mass is 35.5. The highest BCUT2D eigenvalue weighted by molar-refractivity contribution is 6.35. The molecule has 1 amide bonds. The smallest absolute Gasteiger partial charge is 0.294 e. The molecular formula is C18H17Cl3N4O3. The number of hydrogen-bond acceptors (Lipinski definition) is 5. The van der Waals surface area contributed by atoms with Crippen LogP contribution in [0.5, 0.6) is 0 Å². The minimum absolute atomic E-state index is 0.0192. The predicted molar refractivity (Wildman–Crippen MR) is 112 cm³/mol. The molecule has 7 nitrogen and oxygen atoms in total. The van der Waals surface area contributed by atoms with Crippen LogP contribution in [-0.2, 0) is 4.79 Å². The van der Waals surface area contributed by atoms with Gasteiger partial charge in [0.05, 0.1) is 22.2 Å². The molecule has 0 aliphatic carbocycles. The summed E-state index contributed by atoms with van der Waals surface area (Å²) in [5.41, 5.74) is 0.980. The maximum atomic E-state index is 12.3. The molecule has 28 heavy (non-hydrogen) atoms. The first kappa shape index (κ1) is 20.7. The first-order valence-electron chi connectivity index (χ1n) is 8.49. The molecule has 3 rings (SSSR count). The first-order valence-corrected chi connectivity index (χ1v) is 9.63. The molecule has 1 heterocycles. The number of anilines is 2. The Morgan fingerprint density at radius 1 is 1.04 bits per heavy atom. The van der Waals surface area contributed by atoms with Crippen molar-refractivity contribution in [1.82, 2.24) is 4.90 Å². The Morgan fingerprint density at radius 2 is 1.68 bits per heavy atom. The van der Waals surface area contributed by atoms with Crippen LogP contribution in [-0.4, -0.2) is 48.5 Å². The van der Waals surface area contributed by atoms with Gasteiger partial charge in [0, 0.05) is 42.3 Å². The van der Waals surface area contributed by atoms with E-state index in [4.69, 9.17) is 34.8 Å². The number of amides is 1. The second kappa shape index (κ2) is 8.96. The molecule has 0 atom stereocenters. The molecular weight excluding hydrogens is 427 g/mol. The minimum Gasteiger partial charge on any atom is -0.363 e. The Labute approximate surface area is 176 Å². The predicted octanol–water partition coefficient (Wildman–Crippen LogP) is 4.32. The lowest BCUT2D eigenvalue weighted by atomic mass is 10.2. The van der Waals surface area contributed by atoms with Crippen LogP contribution >= 0.6 is 34.8 Å². The monoisotopic (exact) mass is 442 g/mol. The van der Waals surface area contributed by atoms with Gasteiger partial charge in [0.1, 0.15) is 5.69 Å². The van der Waals surface area contributed by atoms with E-state index in [1.807, 2.05) is 9.80 Å². The quantitative estimate of drug-likeness (QED) is 0.550. The largest absolute Gasteiger partial charge is 0.363 e. The fourth-order valence-corrected chi connectivity index (χ4v) is 3.55. The van der Waals surface area contributed by atoms with Gasteiger partial charge < -0.3 is 10.2 Å². The maximum Gasteiger partial charge on any atom is 0.294 e. The fourth-order valence-electron chi connectivity index (χ4n) is 3.04. The number of nitro groups is 1. The van der Waals surface area contributed by atoms with E-state index in [0.717, 1.165) is 0 Å². The van der Waals surface area contributed by atoms with Crippen LogP contribution < -0.4 is 10.2 Å². The van der Waals surface area contributed by atoms with Gasteiger partial charge in [0.15, 0.2) is 0 Å². The minimum atomic E-state index is -0.435. The van der Waals surface area contributed by atoms with Crippen molar-refractivity contribution in [1.29, 1.82) is 0 Å². The van der Waals surface area contributed by atoms with Crippen molar-refractivity contribution < 1.29 is 9.72 Å². The van der Waals surface area contributed by atoms with Crippen LogP contribution in [0.25, 0.3) is 0 Å². The molecule has 148 valence electrons. The van der Waals surface area contributed by atoms with E-state index >= 15 is 0 Å². The second-order valence-electron chi connectivity index (χ2n) is 6.33. The molecule has 0 saturated carbocycles. The summed E-state index contributed by atoms with van der Waals surface area (Å²) in [6, 6.07) is 9.51. The van der Waals surface area contributed by atoms with Crippen molar-refractivity contribution >= 4 is 57.8 Å². The van der Waals surface area contributed by atoms with Gasteiger partial charge in [0.2, 0.25) is 5.91 Å². The third kappa shape index (κ3) is 5.05. The van der Waals surface area contributed by atoms with Gasteiger partial charge in [-0.15, -0.1) is 0 Å². The Balaban J connectivity index is 1.58. The van der Waals surface area contributed by atoms with E-state index in [1.165, 1.54) is 6.07 Å². The van der Waals surface area contributed by atoms with E-state index in [0.29, 0.717) is 52.6 Å². The molecule has 0 aromatic heterocycles. The zero-order valence-corrected chi connectivity index (χ0v) is 17.0. The van der Waals surface area contributed by atoms with E-state index < -0.39 is 4.92 Å². The standard InChI is InChI=1S/C18H17Cl3N4O3/c19-12-1-3-14(21)15(9-12)22-18(26)11-23-5-7-24(8-6-23)16-4-2-13(20)10-17(16)25(27)28/h1-4,9-10H,5-8,11H2,(H,22,26). The molecule has 1 aliphatic rings. The summed E-state index contributed by atoms with van der Waals surface area (Å²) in [4.78, 5) is 27.1. The second-order valence-corrected chi connectivity index (χ2v) is 7.61. The molecule has 0 spiro atoms. The molecule has 1 aliphatic heterocycles. The lowest BCUT2D eigenvalue weighted by Crippen LogP contribution is -2.48. The van der Waals surface area contributed by atoms with Crippen molar-refractivity contribution in [3.05, 3.63) is 61.6 Å². The van der Waals surface area contributed by atoms with Crippen LogP contribution in [0.15, 0.2) is 36.4 Å². The number of nitrogens with zero attached hydrogens (tertiary/aromatic N) is 3. The Morgan fingerprint density at radius 3 is 2.36 bits per heavy atom. The van der Waals surface area contributed by atoms with E-state index in [9.17, 15) is 14.9 Å². The summed E-state index contributed by atoms with van der Waals surface area (Å²) in [6.07, 6.45) is 0. The van der Waals surface area contributed by atoms with Crippen LogP contribution in [0.1, 0.15) is 0 Å². The molecule has 0 unspecified atom stereocenters. The third-order valence-corrected chi connectivity index (χ3v) is 5.22. The average Bonchev–Trinajstić information content (AvgIpc) is 2.65. The third-order valence-electron chi connectivity index (χ3n) is 4.42. The Hall–Kier alpha value is -2.06. The van der Waals surface area contributed by atoms with Gasteiger partial charge in [-0.3, -0.25) is 19.8 Å². The summed E-state index contributed by atoms with van der Waals surface area (Å²) in [7, 11) is 0. The number of carbonyl (C=O) groups excluding carboxylic acids is 1. The van der Waals surface area contributed by atoms with Gasteiger partial charge in [-0.25, -0.2) is 0 Å². The number of nitro benzene ring substituents is 1. The SMILES string of the molecule is O=C(CN1CCN(c2ccc(Cl)cc2[N+](=O)[O-])CC1)Nc1cc(Cl)ccc1Cl. The van der Waals surface area contributed by atoms with Crippen molar-refractivity contribution in [3.8, 4) is 0 Å². The van der Waals surface area contributed by atoms with Gasteiger partial charge in [-0.2, -0.15) is 0 Å². The first-order chi connectivity index (χ1) is 13.3. The number of benzene rings is 2. The fraction of sp³-hybridized carbons (Fsp3) is 0.278. The zero-order valence-electron chi connectivity index (χ0n) is 14.7. The van der Waals surface area contributed by atoms with E-state index in [1.54, 1.807) is 30.3 Å². The van der Waals surface area contributed by atoms with Gasteiger partial charge in [-0.1, -0.05) is 34.8 Å². The summed E-state index contributed by atoms with van der Waals surface area (Å²) < 4.78 is 0. The Bertz CT molecular complexity index is 902. The molecule has 1 N–H and O–H groups in total. The van der Waals surface area contributed by atoms with Gasteiger partial charge in [-0.05, 0) is 30.3 Å². The van der Waals surface area contributed by atoms with E-state index in [-0.39, 0.29) is 18.1 Å². The summed E-state index contributed by atoms with van der Waals surface area (Å²) in [6.45, 7) is 2.51. The number of rotatable bonds is 5. The number of carbonyl (C=O) groups is 1. The van der Waals surface area contributed by atoms with Gasteiger partial charge >= 0.3 is 0 Å². The highest BCUT2D eigenvalue weighted by Crippen LogP contribution is 2.31. The molecule has 1 fully saturated rings. The number of hydrogen-bond donors (Lipinski definition) is 1. The summed E-state index contributed by atoms with van der Waals surface area (Å²) in [5, 5.41) is 15.3. The summed E-state index contributed by atoms with van der Waals surface area (Å²) in [5.74, 6) is -0.199. The van der Waals surface area contributed by atoms with E-state index in [2.05, 4.69) is 5.32 Å². The van der Waals surface area contributed by atoms with Crippen molar-refractivity contribution in [2.45, 2.75) is 0 Å². The lowest BCUT2D eigenvalue weighted by molar-refractivity contribution is -0.384. The topological polar surface area (TPSA) is 78.7 Å². The lowest BCUT2D eigenvalue weighted by Gasteiger charge is -2.35. The van der Waals surface area contributed by atoms with Crippen molar-refractivity contribution in [3.63, 3.8) is 0 Å². The molecule has 2 aromatic rings. The van der Waals surface area contributed by atoms with Crippen LogP contribution in [0.2, 0.25) is 15.1 Å². The number of halogens is 3. The number of piperazine rings is 1. The van der Waals surface area contributed by atoms with Crippen LogP contribution in [0.3, 0.4) is 0 Å². The molecule has 2 aromatic carbocycles. The van der Waals surface area contributed by atoms with Crippen molar-refractivity contribution in [2.24, 2.45) is 0 Å². The molecule has 1 saturated heterocycles. The normalized spacial score (nSPS) is 14.8. The Kier molecular flexibility index (Phi) is 6.61. The maximum absolute atomic E-state index is 12.3. The summed E-state index contributed by atoms with van der Waals surface area (Å²) >= 11 is 17.9. The van der Waals surface area contributed by atoms with Crippen LogP contribution in [0.4, 0.5) is 17.1 Å². The molecule has 0 bridgehead atoms.